The van der Waals surface area contributed by atoms with Crippen molar-refractivity contribution in [3.8, 4) is 0 Å². The summed E-state index contributed by atoms with van der Waals surface area (Å²) in [5.41, 5.74) is 1.21. The number of hydrogen-bond acceptors (Lipinski definition) is 2. The van der Waals surface area contributed by atoms with E-state index in [-0.39, 0.29) is 12.7 Å². The van der Waals surface area contributed by atoms with Gasteiger partial charge in [0, 0.05) is 0 Å². The highest BCUT2D eigenvalue weighted by atomic mass is 16.5. The first-order valence-electron chi connectivity index (χ1n) is 5.18. The molecule has 0 aliphatic heterocycles. The summed E-state index contributed by atoms with van der Waals surface area (Å²) in [6.45, 7) is 6.79. The van der Waals surface area contributed by atoms with Gasteiger partial charge in [0.1, 0.15) is 0 Å². The second-order valence-electron chi connectivity index (χ2n) is 3.79. The Kier molecular flexibility index (Phi) is 4.46. The van der Waals surface area contributed by atoms with Gasteiger partial charge in [0.05, 0.1) is 19.3 Å². The van der Waals surface area contributed by atoms with Gasteiger partial charge in [-0.3, -0.25) is 0 Å². The second kappa shape index (κ2) is 5.40. The maximum Gasteiger partial charge on any atom is 0.0786 e. The summed E-state index contributed by atoms with van der Waals surface area (Å²) in [6, 6.07) is 0. The Hall–Kier alpha value is -0.340. The predicted octanol–water partition coefficient (Wildman–Crippen LogP) is 2.13. The van der Waals surface area contributed by atoms with Crippen molar-refractivity contribution in [3.63, 3.8) is 0 Å². The molecule has 1 rings (SSSR count). The van der Waals surface area contributed by atoms with Gasteiger partial charge in [-0.15, -0.1) is 0 Å². The van der Waals surface area contributed by atoms with Crippen molar-refractivity contribution in [2.45, 2.75) is 38.7 Å². The summed E-state index contributed by atoms with van der Waals surface area (Å²) in [5.74, 6) is 0.786. The van der Waals surface area contributed by atoms with Gasteiger partial charge < -0.3 is 9.84 Å². The summed E-state index contributed by atoms with van der Waals surface area (Å²) in [7, 11) is 0. The van der Waals surface area contributed by atoms with Gasteiger partial charge in [0.15, 0.2) is 0 Å². The van der Waals surface area contributed by atoms with E-state index >= 15 is 0 Å². The van der Waals surface area contributed by atoms with Crippen LogP contribution in [0.1, 0.15) is 32.6 Å². The van der Waals surface area contributed by atoms with Crippen molar-refractivity contribution in [3.05, 3.63) is 12.2 Å². The molecular weight excluding hydrogens is 164 g/mol. The maximum absolute atomic E-state index is 8.65. The number of aliphatic hydroxyl groups is 1. The molecule has 1 saturated carbocycles. The lowest BCUT2D eigenvalue weighted by Gasteiger charge is -2.30. The standard InChI is InChI=1S/C11H20O2/c1-3-10-5-4-9(2)11(8-10)13-7-6-12/h10-12H,2-8H2,1H3. The summed E-state index contributed by atoms with van der Waals surface area (Å²) in [6.07, 6.45) is 4.87. The first-order valence-corrected chi connectivity index (χ1v) is 5.18. The van der Waals surface area contributed by atoms with Crippen molar-refractivity contribution < 1.29 is 9.84 Å². The van der Waals surface area contributed by atoms with E-state index in [2.05, 4.69) is 13.5 Å². The van der Waals surface area contributed by atoms with E-state index in [4.69, 9.17) is 9.84 Å². The van der Waals surface area contributed by atoms with Gasteiger partial charge in [-0.25, -0.2) is 0 Å². The Balaban J connectivity index is 2.36. The number of ether oxygens (including phenoxy) is 1. The van der Waals surface area contributed by atoms with E-state index < -0.39 is 0 Å². The van der Waals surface area contributed by atoms with Gasteiger partial charge in [0.25, 0.3) is 0 Å². The van der Waals surface area contributed by atoms with Crippen LogP contribution in [0, 0.1) is 5.92 Å². The molecule has 1 aliphatic rings. The Morgan fingerprint density at radius 1 is 1.62 bits per heavy atom. The van der Waals surface area contributed by atoms with E-state index in [0.717, 1.165) is 18.8 Å². The van der Waals surface area contributed by atoms with Gasteiger partial charge in [-0.1, -0.05) is 19.9 Å². The predicted molar refractivity (Wildman–Crippen MR) is 53.6 cm³/mol. The number of rotatable bonds is 4. The van der Waals surface area contributed by atoms with Gasteiger partial charge in [-0.05, 0) is 30.8 Å². The van der Waals surface area contributed by atoms with E-state index in [0.29, 0.717) is 6.61 Å². The molecule has 0 aromatic rings. The third kappa shape index (κ3) is 3.12. The van der Waals surface area contributed by atoms with Crippen molar-refractivity contribution in [1.29, 1.82) is 0 Å². The van der Waals surface area contributed by atoms with Crippen LogP contribution in [-0.4, -0.2) is 24.4 Å². The Bertz CT molecular complexity index is 165. The largest absolute Gasteiger partial charge is 0.394 e. The van der Waals surface area contributed by atoms with E-state index in [1.165, 1.54) is 18.4 Å². The van der Waals surface area contributed by atoms with Crippen molar-refractivity contribution in [2.24, 2.45) is 5.92 Å². The zero-order valence-corrected chi connectivity index (χ0v) is 8.46. The molecule has 0 aromatic heterocycles. The van der Waals surface area contributed by atoms with Crippen LogP contribution in [0.3, 0.4) is 0 Å². The molecule has 0 spiro atoms. The van der Waals surface area contributed by atoms with E-state index in [1.807, 2.05) is 0 Å². The first-order chi connectivity index (χ1) is 6.27. The molecule has 1 N–H and O–H groups in total. The Morgan fingerprint density at radius 3 is 3.00 bits per heavy atom. The third-order valence-electron chi connectivity index (χ3n) is 2.86. The SMILES string of the molecule is C=C1CCC(CC)CC1OCCO. The first kappa shape index (κ1) is 10.7. The molecule has 1 fully saturated rings. The molecule has 2 unspecified atom stereocenters. The summed E-state index contributed by atoms with van der Waals surface area (Å²) in [4.78, 5) is 0. The molecule has 2 nitrogen and oxygen atoms in total. The average Bonchev–Trinajstić information content (AvgIpc) is 2.17. The summed E-state index contributed by atoms with van der Waals surface area (Å²) >= 11 is 0. The highest BCUT2D eigenvalue weighted by Crippen LogP contribution is 2.31. The van der Waals surface area contributed by atoms with Crippen LogP contribution in [0.5, 0.6) is 0 Å². The van der Waals surface area contributed by atoms with Crippen molar-refractivity contribution in [2.75, 3.05) is 13.2 Å². The molecule has 2 heteroatoms. The van der Waals surface area contributed by atoms with Crippen LogP contribution in [0.2, 0.25) is 0 Å². The van der Waals surface area contributed by atoms with Crippen LogP contribution < -0.4 is 0 Å². The highest BCUT2D eigenvalue weighted by molar-refractivity contribution is 5.06. The van der Waals surface area contributed by atoms with Crippen LogP contribution in [0.4, 0.5) is 0 Å². The number of aliphatic hydroxyl groups excluding tert-OH is 1. The minimum absolute atomic E-state index is 0.112. The highest BCUT2D eigenvalue weighted by Gasteiger charge is 2.23. The van der Waals surface area contributed by atoms with Crippen molar-refractivity contribution >= 4 is 0 Å². The molecule has 0 amide bonds. The van der Waals surface area contributed by atoms with Gasteiger partial charge >= 0.3 is 0 Å². The lowest BCUT2D eigenvalue weighted by molar-refractivity contribution is 0.0242. The zero-order valence-electron chi connectivity index (χ0n) is 8.46. The number of hydrogen-bond donors (Lipinski definition) is 1. The van der Waals surface area contributed by atoms with Crippen LogP contribution in [0.25, 0.3) is 0 Å². The third-order valence-corrected chi connectivity index (χ3v) is 2.86. The van der Waals surface area contributed by atoms with Gasteiger partial charge in [-0.2, -0.15) is 0 Å². The minimum Gasteiger partial charge on any atom is -0.394 e. The Labute approximate surface area is 80.6 Å². The van der Waals surface area contributed by atoms with Crippen LogP contribution in [0.15, 0.2) is 12.2 Å². The smallest absolute Gasteiger partial charge is 0.0786 e. The quantitative estimate of drug-likeness (QED) is 0.678. The molecular formula is C11H20O2. The van der Waals surface area contributed by atoms with E-state index in [1.54, 1.807) is 0 Å². The van der Waals surface area contributed by atoms with Crippen LogP contribution in [-0.2, 0) is 4.74 Å². The molecule has 76 valence electrons. The molecule has 0 radical (unpaired) electrons. The van der Waals surface area contributed by atoms with Crippen molar-refractivity contribution in [1.82, 2.24) is 0 Å². The summed E-state index contributed by atoms with van der Waals surface area (Å²) in [5, 5.41) is 8.65. The Morgan fingerprint density at radius 2 is 2.38 bits per heavy atom. The monoisotopic (exact) mass is 184 g/mol. The second-order valence-corrected chi connectivity index (χ2v) is 3.79. The molecule has 2 atom stereocenters. The van der Waals surface area contributed by atoms with Gasteiger partial charge in [0.2, 0.25) is 0 Å². The van der Waals surface area contributed by atoms with Crippen LogP contribution >= 0.6 is 0 Å². The molecule has 1 aliphatic carbocycles. The maximum atomic E-state index is 8.65. The fraction of sp³-hybridized carbons (Fsp3) is 0.818. The summed E-state index contributed by atoms with van der Waals surface area (Å²) < 4.78 is 5.53. The normalized spacial score (nSPS) is 29.2. The molecule has 13 heavy (non-hydrogen) atoms. The lowest BCUT2D eigenvalue weighted by Crippen LogP contribution is -2.25. The molecule has 0 heterocycles. The zero-order chi connectivity index (χ0) is 9.68. The minimum atomic E-state index is 0.112. The molecule has 0 bridgehead atoms. The fourth-order valence-electron chi connectivity index (χ4n) is 1.89. The fourth-order valence-corrected chi connectivity index (χ4v) is 1.89. The average molecular weight is 184 g/mol. The molecule has 0 aromatic carbocycles. The lowest BCUT2D eigenvalue weighted by atomic mass is 9.83. The molecule has 0 saturated heterocycles. The topological polar surface area (TPSA) is 29.5 Å². The van der Waals surface area contributed by atoms with E-state index in [9.17, 15) is 0 Å².